The molecule has 1 amide bonds. The predicted molar refractivity (Wildman–Crippen MR) is 111 cm³/mol. The van der Waals surface area contributed by atoms with Crippen molar-refractivity contribution in [3.8, 4) is 17.2 Å². The van der Waals surface area contributed by atoms with Crippen molar-refractivity contribution >= 4 is 11.6 Å². The maximum atomic E-state index is 13.8. The van der Waals surface area contributed by atoms with E-state index >= 15 is 0 Å². The lowest BCUT2D eigenvalue weighted by Gasteiger charge is -2.21. The summed E-state index contributed by atoms with van der Waals surface area (Å²) in [6.45, 7) is 3.36. The molecule has 0 bridgehead atoms. The van der Waals surface area contributed by atoms with E-state index in [-0.39, 0.29) is 28.5 Å². The average Bonchev–Trinajstić information content (AvgIpc) is 2.74. The smallest absolute Gasteiger partial charge is 0.420 e. The molecule has 34 heavy (non-hydrogen) atoms. The van der Waals surface area contributed by atoms with Crippen LogP contribution < -0.4 is 10.1 Å². The molecule has 0 aliphatic heterocycles. The van der Waals surface area contributed by atoms with Gasteiger partial charge in [-0.3, -0.25) is 9.78 Å². The van der Waals surface area contributed by atoms with Gasteiger partial charge >= 0.3 is 12.4 Å². The molecule has 0 radical (unpaired) electrons. The van der Waals surface area contributed by atoms with Crippen molar-refractivity contribution in [2.75, 3.05) is 5.32 Å². The summed E-state index contributed by atoms with van der Waals surface area (Å²) < 4.78 is 88.0. The third kappa shape index (κ3) is 5.59. The summed E-state index contributed by atoms with van der Waals surface area (Å²) in [6, 6.07) is 6.75. The summed E-state index contributed by atoms with van der Waals surface area (Å²) in [5, 5.41) is 11.9. The first-order valence-corrected chi connectivity index (χ1v) is 9.82. The fraction of sp³-hybridized carbons (Fsp3) is 0.217. The summed E-state index contributed by atoms with van der Waals surface area (Å²) in [5.41, 5.74) is -3.98. The Labute approximate surface area is 190 Å². The molecule has 0 aliphatic rings. The molecule has 3 aromatic rings. The molecule has 0 spiro atoms. The molecule has 0 fully saturated rings. The van der Waals surface area contributed by atoms with E-state index in [0.29, 0.717) is 12.1 Å². The molecule has 0 saturated heterocycles. The second-order valence-electron chi connectivity index (χ2n) is 7.57. The normalized spacial score (nSPS) is 12.0. The van der Waals surface area contributed by atoms with Crippen molar-refractivity contribution in [3.05, 3.63) is 77.1 Å². The molecule has 180 valence electrons. The fourth-order valence-electron chi connectivity index (χ4n) is 3.11. The van der Waals surface area contributed by atoms with Crippen LogP contribution in [0.15, 0.2) is 54.9 Å². The van der Waals surface area contributed by atoms with Crippen molar-refractivity contribution in [1.29, 1.82) is 0 Å². The van der Waals surface area contributed by atoms with Gasteiger partial charge in [0, 0.05) is 23.6 Å². The minimum atomic E-state index is -5.25. The highest BCUT2D eigenvalue weighted by Crippen LogP contribution is 2.48. The molecule has 2 N–H and O–H groups in total. The molecule has 1 heterocycles. The van der Waals surface area contributed by atoms with E-state index in [4.69, 9.17) is 4.74 Å². The van der Waals surface area contributed by atoms with Crippen molar-refractivity contribution < 1.29 is 41.0 Å². The number of anilines is 1. The number of rotatable bonds is 5. The van der Waals surface area contributed by atoms with Gasteiger partial charge in [-0.05, 0) is 48.4 Å². The van der Waals surface area contributed by atoms with Crippen LogP contribution in [0.4, 0.5) is 32.0 Å². The Kier molecular flexibility index (Phi) is 6.76. The number of benzene rings is 2. The first-order chi connectivity index (χ1) is 15.8. The SMILES string of the molecule is CC(C)c1cc(Oc2c(C(F)(F)F)cc(NC(=O)c3cccnc3)cc2C(F)(F)F)ccc1O. The van der Waals surface area contributed by atoms with E-state index in [9.17, 15) is 36.2 Å². The van der Waals surface area contributed by atoms with Crippen LogP contribution >= 0.6 is 0 Å². The van der Waals surface area contributed by atoms with Gasteiger partial charge in [0.05, 0.1) is 5.56 Å². The number of nitrogens with zero attached hydrogens (tertiary/aromatic N) is 1. The summed E-state index contributed by atoms with van der Waals surface area (Å²) in [4.78, 5) is 16.0. The largest absolute Gasteiger partial charge is 0.508 e. The van der Waals surface area contributed by atoms with Gasteiger partial charge in [-0.15, -0.1) is 0 Å². The van der Waals surface area contributed by atoms with Crippen LogP contribution in [-0.4, -0.2) is 16.0 Å². The van der Waals surface area contributed by atoms with Gasteiger partial charge in [-0.1, -0.05) is 13.8 Å². The van der Waals surface area contributed by atoms with Crippen LogP contribution in [0.1, 0.15) is 46.8 Å². The molecular weight excluding hydrogens is 466 g/mol. The van der Waals surface area contributed by atoms with Gasteiger partial charge in [0.2, 0.25) is 0 Å². The zero-order valence-electron chi connectivity index (χ0n) is 17.8. The van der Waals surface area contributed by atoms with Crippen LogP contribution in [-0.2, 0) is 12.4 Å². The van der Waals surface area contributed by atoms with Crippen LogP contribution in [0.2, 0.25) is 0 Å². The molecular formula is C23H18F6N2O3. The molecule has 1 aromatic heterocycles. The Morgan fingerprint density at radius 2 is 1.62 bits per heavy atom. The van der Waals surface area contributed by atoms with E-state index in [0.717, 1.165) is 18.3 Å². The number of aromatic hydroxyl groups is 1. The highest BCUT2D eigenvalue weighted by Gasteiger charge is 2.43. The summed E-state index contributed by atoms with van der Waals surface area (Å²) >= 11 is 0. The van der Waals surface area contributed by atoms with Crippen LogP contribution in [0.5, 0.6) is 17.2 Å². The predicted octanol–water partition coefficient (Wildman–Crippen LogP) is 6.99. The number of amides is 1. The van der Waals surface area contributed by atoms with Crippen LogP contribution in [0.25, 0.3) is 0 Å². The fourth-order valence-corrected chi connectivity index (χ4v) is 3.11. The number of aromatic nitrogens is 1. The van der Waals surface area contributed by atoms with E-state index in [1.54, 1.807) is 13.8 Å². The van der Waals surface area contributed by atoms with E-state index in [1.807, 2.05) is 5.32 Å². The lowest BCUT2D eigenvalue weighted by molar-refractivity contribution is -0.144. The van der Waals surface area contributed by atoms with Gasteiger partial charge in [-0.2, -0.15) is 26.3 Å². The third-order valence-electron chi connectivity index (χ3n) is 4.72. The number of halogens is 6. The number of pyridine rings is 1. The topological polar surface area (TPSA) is 71.5 Å². The van der Waals surface area contributed by atoms with Gasteiger partial charge in [0.25, 0.3) is 5.91 Å². The monoisotopic (exact) mass is 484 g/mol. The van der Waals surface area contributed by atoms with Crippen LogP contribution in [0, 0.1) is 0 Å². The molecule has 11 heteroatoms. The molecule has 0 aliphatic carbocycles. The van der Waals surface area contributed by atoms with Crippen LogP contribution in [0.3, 0.4) is 0 Å². The number of hydrogen-bond donors (Lipinski definition) is 2. The standard InChI is InChI=1S/C23H18F6N2O3/c1-12(2)16-10-15(5-6-19(16)32)34-20-17(22(24,25)26)8-14(9-18(20)23(27,28)29)31-21(33)13-4-3-7-30-11-13/h3-12,32H,1-2H3,(H,31,33). The number of ether oxygens (including phenoxy) is 1. The Balaban J connectivity index is 2.13. The molecule has 2 aromatic carbocycles. The quantitative estimate of drug-likeness (QED) is 0.383. The number of phenols is 1. The second kappa shape index (κ2) is 9.24. The van der Waals surface area contributed by atoms with Crippen molar-refractivity contribution in [3.63, 3.8) is 0 Å². The highest BCUT2D eigenvalue weighted by molar-refractivity contribution is 6.04. The molecule has 0 unspecified atom stereocenters. The van der Waals surface area contributed by atoms with Gasteiger partial charge < -0.3 is 15.2 Å². The maximum Gasteiger partial charge on any atom is 0.420 e. The number of phenolic OH excluding ortho intramolecular Hbond substituents is 1. The minimum Gasteiger partial charge on any atom is -0.508 e. The number of carbonyl (C=O) groups is 1. The molecule has 5 nitrogen and oxygen atoms in total. The van der Waals surface area contributed by atoms with Gasteiger partial charge in [-0.25, -0.2) is 0 Å². The number of alkyl halides is 6. The van der Waals surface area contributed by atoms with Crippen molar-refractivity contribution in [2.45, 2.75) is 32.1 Å². The van der Waals surface area contributed by atoms with E-state index in [1.165, 1.54) is 24.4 Å². The lowest BCUT2D eigenvalue weighted by atomic mass is 10.0. The highest BCUT2D eigenvalue weighted by atomic mass is 19.4. The minimum absolute atomic E-state index is 0.0600. The maximum absolute atomic E-state index is 13.8. The Bertz CT molecular complexity index is 1160. The van der Waals surface area contributed by atoms with Gasteiger partial charge in [0.1, 0.15) is 22.6 Å². The Morgan fingerprint density at radius 3 is 2.12 bits per heavy atom. The first-order valence-electron chi connectivity index (χ1n) is 9.82. The third-order valence-corrected chi connectivity index (χ3v) is 4.72. The van der Waals surface area contributed by atoms with Gasteiger partial charge in [0.15, 0.2) is 5.75 Å². The molecule has 0 atom stereocenters. The number of nitrogens with one attached hydrogen (secondary N) is 1. The molecule has 3 rings (SSSR count). The van der Waals surface area contributed by atoms with Crippen molar-refractivity contribution in [1.82, 2.24) is 4.98 Å². The van der Waals surface area contributed by atoms with E-state index < -0.39 is 40.8 Å². The zero-order valence-corrected chi connectivity index (χ0v) is 17.8. The number of hydrogen-bond acceptors (Lipinski definition) is 4. The van der Waals surface area contributed by atoms with Crippen molar-refractivity contribution in [2.24, 2.45) is 0 Å². The lowest BCUT2D eigenvalue weighted by Crippen LogP contribution is -2.17. The Hall–Kier alpha value is -3.76. The zero-order chi connectivity index (χ0) is 25.3. The second-order valence-corrected chi connectivity index (χ2v) is 7.57. The summed E-state index contributed by atoms with van der Waals surface area (Å²) in [5.74, 6) is -3.20. The molecule has 0 saturated carbocycles. The average molecular weight is 484 g/mol. The first kappa shape index (κ1) is 24.9. The number of carbonyl (C=O) groups excluding carboxylic acids is 1. The van der Waals surface area contributed by atoms with E-state index in [2.05, 4.69) is 4.98 Å². The summed E-state index contributed by atoms with van der Waals surface area (Å²) in [6.07, 6.45) is -8.04. The summed E-state index contributed by atoms with van der Waals surface area (Å²) in [7, 11) is 0. The Morgan fingerprint density at radius 1 is 1.00 bits per heavy atom.